The molecule has 0 saturated carbocycles. The molecule has 5 nitrogen and oxygen atoms in total. The first kappa shape index (κ1) is 10.2. The molecule has 0 aliphatic heterocycles. The summed E-state index contributed by atoms with van der Waals surface area (Å²) in [5.41, 5.74) is 0.374. The van der Waals surface area contributed by atoms with Crippen LogP contribution in [0.3, 0.4) is 0 Å². The van der Waals surface area contributed by atoms with Crippen LogP contribution >= 0.6 is 11.6 Å². The van der Waals surface area contributed by atoms with Crippen LogP contribution in [-0.4, -0.2) is 10.1 Å². The second kappa shape index (κ2) is 4.35. The Kier molecular flexibility index (Phi) is 3.15. The van der Waals surface area contributed by atoms with Gasteiger partial charge in [0, 0.05) is 12.1 Å². The Morgan fingerprint density at radius 1 is 1.50 bits per heavy atom. The summed E-state index contributed by atoms with van der Waals surface area (Å²) in [6, 6.07) is 7.05. The summed E-state index contributed by atoms with van der Waals surface area (Å²) in [4.78, 5) is 13.4. The average molecular weight is 210 g/mol. The van der Waals surface area contributed by atoms with Crippen LogP contribution in [0.2, 0.25) is 0 Å². The molecule has 0 atom stereocenters. The number of nitro groups is 1. The maximum absolute atomic E-state index is 10.3. The molecule has 0 heterocycles. The molecule has 6 heteroatoms. The zero-order valence-electron chi connectivity index (χ0n) is 6.85. The van der Waals surface area contributed by atoms with E-state index in [-0.39, 0.29) is 10.9 Å². The molecule has 0 N–H and O–H groups in total. The summed E-state index contributed by atoms with van der Waals surface area (Å²) in [5.74, 6) is 0. The summed E-state index contributed by atoms with van der Waals surface area (Å²) in [6.07, 6.45) is 0. The number of aliphatic imine (C=N–C) groups is 1. The van der Waals surface area contributed by atoms with E-state index >= 15 is 0 Å². The molecule has 0 aromatic heterocycles. The lowest BCUT2D eigenvalue weighted by atomic mass is 10.3. The lowest BCUT2D eigenvalue weighted by Crippen LogP contribution is -1.86. The molecule has 0 amide bonds. The average Bonchev–Trinajstić information content (AvgIpc) is 2.18. The van der Waals surface area contributed by atoms with Crippen molar-refractivity contribution in [2.45, 2.75) is 0 Å². The van der Waals surface area contributed by atoms with E-state index in [1.807, 2.05) is 0 Å². The molecule has 1 aromatic carbocycles. The van der Waals surface area contributed by atoms with E-state index in [4.69, 9.17) is 16.9 Å². The van der Waals surface area contributed by atoms with Crippen LogP contribution < -0.4 is 0 Å². The van der Waals surface area contributed by atoms with Crippen molar-refractivity contribution < 1.29 is 4.92 Å². The number of nitrogens with zero attached hydrogens (tertiary/aromatic N) is 3. The van der Waals surface area contributed by atoms with Crippen LogP contribution in [-0.2, 0) is 0 Å². The minimum atomic E-state index is -0.514. The van der Waals surface area contributed by atoms with Gasteiger partial charge >= 0.3 is 0 Å². The predicted octanol–water partition coefficient (Wildman–Crippen LogP) is 2.39. The lowest BCUT2D eigenvalue weighted by Gasteiger charge is -1.92. The maximum Gasteiger partial charge on any atom is 0.269 e. The zero-order valence-corrected chi connectivity index (χ0v) is 7.60. The van der Waals surface area contributed by atoms with Gasteiger partial charge in [-0.25, -0.2) is 4.99 Å². The first-order chi connectivity index (χ1) is 6.63. The van der Waals surface area contributed by atoms with Gasteiger partial charge in [0.05, 0.1) is 10.6 Å². The van der Waals surface area contributed by atoms with Gasteiger partial charge in [0.15, 0.2) is 0 Å². The van der Waals surface area contributed by atoms with Gasteiger partial charge in [-0.15, -0.1) is 0 Å². The normalized spacial score (nSPS) is 10.7. The first-order valence-corrected chi connectivity index (χ1v) is 3.90. The van der Waals surface area contributed by atoms with Crippen molar-refractivity contribution in [3.8, 4) is 6.07 Å². The Morgan fingerprint density at radius 2 is 2.07 bits per heavy atom. The van der Waals surface area contributed by atoms with E-state index in [1.54, 1.807) is 6.07 Å². The van der Waals surface area contributed by atoms with Gasteiger partial charge in [0.2, 0.25) is 5.17 Å². The largest absolute Gasteiger partial charge is 0.269 e. The van der Waals surface area contributed by atoms with Crippen molar-refractivity contribution in [1.82, 2.24) is 0 Å². The second-order valence-corrected chi connectivity index (χ2v) is 2.65. The number of halogens is 1. The van der Waals surface area contributed by atoms with Gasteiger partial charge in [0.1, 0.15) is 6.07 Å². The smallest absolute Gasteiger partial charge is 0.258 e. The predicted molar refractivity (Wildman–Crippen MR) is 51.7 cm³/mol. The Labute approximate surface area is 84.4 Å². The molecule has 0 radical (unpaired) electrons. The first-order valence-electron chi connectivity index (χ1n) is 3.52. The third-order valence-corrected chi connectivity index (χ3v) is 1.55. The van der Waals surface area contributed by atoms with E-state index in [9.17, 15) is 10.1 Å². The third-order valence-electron chi connectivity index (χ3n) is 1.38. The minimum absolute atomic E-state index is 0.0305. The van der Waals surface area contributed by atoms with Crippen molar-refractivity contribution in [1.29, 1.82) is 5.26 Å². The minimum Gasteiger partial charge on any atom is -0.258 e. The second-order valence-electron chi connectivity index (χ2n) is 2.29. The van der Waals surface area contributed by atoms with Crippen LogP contribution in [0.4, 0.5) is 11.4 Å². The molecule has 1 aromatic rings. The summed E-state index contributed by atoms with van der Waals surface area (Å²) in [6.45, 7) is 0. The molecule has 0 spiro atoms. The molecule has 0 unspecified atom stereocenters. The van der Waals surface area contributed by atoms with Crippen LogP contribution in [0.25, 0.3) is 0 Å². The molecule has 70 valence electrons. The SMILES string of the molecule is N#CC(Cl)=Nc1ccc([N+](=O)[O-])cc1. The highest BCUT2D eigenvalue weighted by Crippen LogP contribution is 2.18. The van der Waals surface area contributed by atoms with Crippen LogP contribution in [0.1, 0.15) is 0 Å². The number of non-ortho nitro benzene ring substituents is 1. The van der Waals surface area contributed by atoms with E-state index < -0.39 is 4.92 Å². The van der Waals surface area contributed by atoms with Crippen LogP contribution in [0.15, 0.2) is 29.3 Å². The Balaban J connectivity index is 2.96. The fourth-order valence-electron chi connectivity index (χ4n) is 0.787. The number of nitriles is 1. The van der Waals surface area contributed by atoms with Crippen molar-refractivity contribution in [3.63, 3.8) is 0 Å². The molecule has 0 saturated heterocycles. The van der Waals surface area contributed by atoms with E-state index in [1.165, 1.54) is 24.3 Å². The van der Waals surface area contributed by atoms with Crippen molar-refractivity contribution in [2.75, 3.05) is 0 Å². The molecule has 0 aliphatic carbocycles. The van der Waals surface area contributed by atoms with Crippen molar-refractivity contribution in [2.24, 2.45) is 4.99 Å². The fraction of sp³-hybridized carbons (Fsp3) is 0. The highest BCUT2D eigenvalue weighted by atomic mass is 35.5. The zero-order chi connectivity index (χ0) is 10.6. The molecular formula is C8H4ClN3O2. The highest BCUT2D eigenvalue weighted by molar-refractivity contribution is 6.69. The number of hydrogen-bond donors (Lipinski definition) is 0. The fourth-order valence-corrected chi connectivity index (χ4v) is 0.885. The Morgan fingerprint density at radius 3 is 2.50 bits per heavy atom. The number of rotatable bonds is 2. The van der Waals surface area contributed by atoms with Gasteiger partial charge in [-0.1, -0.05) is 11.6 Å². The van der Waals surface area contributed by atoms with E-state index in [0.717, 1.165) is 0 Å². The van der Waals surface area contributed by atoms with E-state index in [0.29, 0.717) is 5.69 Å². The van der Waals surface area contributed by atoms with Gasteiger partial charge in [-0.3, -0.25) is 10.1 Å². The van der Waals surface area contributed by atoms with Crippen molar-refractivity contribution >= 4 is 28.1 Å². The standard InChI is InChI=1S/C8H4ClN3O2/c9-8(5-10)11-6-1-3-7(4-2-6)12(13)14/h1-4H. The molecule has 0 fully saturated rings. The van der Waals surface area contributed by atoms with Crippen LogP contribution in [0, 0.1) is 21.4 Å². The summed E-state index contributed by atoms with van der Waals surface area (Å²) < 4.78 is 0. The number of hydrogen-bond acceptors (Lipinski definition) is 4. The third kappa shape index (κ3) is 2.54. The topological polar surface area (TPSA) is 79.3 Å². The molecule has 0 aliphatic rings. The van der Waals surface area contributed by atoms with Gasteiger partial charge in [-0.2, -0.15) is 5.26 Å². The quantitative estimate of drug-likeness (QED) is 0.426. The summed E-state index contributed by atoms with van der Waals surface area (Å²) in [7, 11) is 0. The molecular weight excluding hydrogens is 206 g/mol. The van der Waals surface area contributed by atoms with Crippen LogP contribution in [0.5, 0.6) is 0 Å². The van der Waals surface area contributed by atoms with Gasteiger partial charge < -0.3 is 0 Å². The number of nitro benzene ring substituents is 1. The summed E-state index contributed by atoms with van der Waals surface area (Å²) in [5, 5.41) is 18.4. The Bertz CT molecular complexity index is 419. The maximum atomic E-state index is 10.3. The molecule has 1 rings (SSSR count). The monoisotopic (exact) mass is 209 g/mol. The molecule has 14 heavy (non-hydrogen) atoms. The summed E-state index contributed by atoms with van der Waals surface area (Å²) >= 11 is 5.36. The highest BCUT2D eigenvalue weighted by Gasteiger charge is 2.03. The van der Waals surface area contributed by atoms with E-state index in [2.05, 4.69) is 4.99 Å². The molecule has 0 bridgehead atoms. The lowest BCUT2D eigenvalue weighted by molar-refractivity contribution is -0.384. The number of benzene rings is 1. The van der Waals surface area contributed by atoms with Gasteiger partial charge in [-0.05, 0) is 12.1 Å². The van der Waals surface area contributed by atoms with Gasteiger partial charge in [0.25, 0.3) is 5.69 Å². The Hall–Kier alpha value is -1.93. The van der Waals surface area contributed by atoms with Crippen molar-refractivity contribution in [3.05, 3.63) is 34.4 Å².